The van der Waals surface area contributed by atoms with Gasteiger partial charge in [-0.05, 0) is 40.2 Å². The molecule has 82 valence electrons. The molecule has 2 atom stereocenters. The Balaban J connectivity index is 2.00. The van der Waals surface area contributed by atoms with Crippen LogP contribution in [0.5, 0.6) is 0 Å². The minimum absolute atomic E-state index is 0.385. The third-order valence-electron chi connectivity index (χ3n) is 4.10. The second-order valence-electron chi connectivity index (χ2n) is 5.19. The van der Waals surface area contributed by atoms with Crippen LogP contribution in [0.1, 0.15) is 46.0 Å². The maximum absolute atomic E-state index is 6.02. The van der Waals surface area contributed by atoms with E-state index in [4.69, 9.17) is 4.74 Å². The van der Waals surface area contributed by atoms with Crippen molar-refractivity contribution in [2.45, 2.75) is 64.2 Å². The largest absolute Gasteiger partial charge is 0.375 e. The lowest BCUT2D eigenvalue weighted by Crippen LogP contribution is -2.62. The SMILES string of the molecule is CNC1CC(OC(C)C)C12CCCC2. The van der Waals surface area contributed by atoms with E-state index < -0.39 is 0 Å². The van der Waals surface area contributed by atoms with Gasteiger partial charge in [0.2, 0.25) is 0 Å². The Morgan fingerprint density at radius 3 is 2.43 bits per heavy atom. The second-order valence-corrected chi connectivity index (χ2v) is 5.19. The predicted octanol–water partition coefficient (Wildman–Crippen LogP) is 2.33. The Bertz CT molecular complexity index is 196. The lowest BCUT2D eigenvalue weighted by Gasteiger charge is -2.54. The first-order valence-electron chi connectivity index (χ1n) is 6.02. The summed E-state index contributed by atoms with van der Waals surface area (Å²) >= 11 is 0. The summed E-state index contributed by atoms with van der Waals surface area (Å²) in [5.74, 6) is 0. The highest BCUT2D eigenvalue weighted by atomic mass is 16.5. The van der Waals surface area contributed by atoms with E-state index in [0.717, 1.165) is 0 Å². The number of rotatable bonds is 3. The van der Waals surface area contributed by atoms with Crippen LogP contribution in [0.4, 0.5) is 0 Å². The summed E-state index contributed by atoms with van der Waals surface area (Å²) < 4.78 is 6.02. The van der Waals surface area contributed by atoms with Gasteiger partial charge in [-0.1, -0.05) is 12.8 Å². The summed E-state index contributed by atoms with van der Waals surface area (Å²) in [6.45, 7) is 4.30. The van der Waals surface area contributed by atoms with E-state index in [1.54, 1.807) is 0 Å². The van der Waals surface area contributed by atoms with E-state index in [1.807, 2.05) is 0 Å². The molecule has 2 aliphatic rings. The van der Waals surface area contributed by atoms with Gasteiger partial charge in [0, 0.05) is 11.5 Å². The van der Waals surface area contributed by atoms with Crippen LogP contribution in [0.25, 0.3) is 0 Å². The highest BCUT2D eigenvalue weighted by Gasteiger charge is 2.56. The van der Waals surface area contributed by atoms with Gasteiger partial charge in [-0.3, -0.25) is 0 Å². The number of nitrogens with one attached hydrogen (secondary N) is 1. The fraction of sp³-hybridized carbons (Fsp3) is 1.00. The molecule has 2 rings (SSSR count). The van der Waals surface area contributed by atoms with Crippen LogP contribution in [0.3, 0.4) is 0 Å². The van der Waals surface area contributed by atoms with Crippen LogP contribution in [0.15, 0.2) is 0 Å². The lowest BCUT2D eigenvalue weighted by molar-refractivity contribution is -0.151. The van der Waals surface area contributed by atoms with Crippen molar-refractivity contribution in [1.29, 1.82) is 0 Å². The summed E-state index contributed by atoms with van der Waals surface area (Å²) in [7, 11) is 2.09. The molecule has 2 fully saturated rings. The van der Waals surface area contributed by atoms with Crippen LogP contribution in [0.2, 0.25) is 0 Å². The molecule has 1 spiro atoms. The van der Waals surface area contributed by atoms with E-state index in [2.05, 4.69) is 26.2 Å². The Kier molecular flexibility index (Phi) is 2.85. The molecule has 0 aromatic carbocycles. The molecule has 0 saturated heterocycles. The predicted molar refractivity (Wildman–Crippen MR) is 58.4 cm³/mol. The average Bonchev–Trinajstić information content (AvgIpc) is 2.62. The molecule has 0 bridgehead atoms. The molecule has 1 N–H and O–H groups in total. The van der Waals surface area contributed by atoms with E-state index in [9.17, 15) is 0 Å². The molecule has 2 saturated carbocycles. The van der Waals surface area contributed by atoms with Gasteiger partial charge in [0.25, 0.3) is 0 Å². The average molecular weight is 197 g/mol. The van der Waals surface area contributed by atoms with Gasteiger partial charge in [0.05, 0.1) is 12.2 Å². The molecule has 0 aromatic rings. The molecule has 14 heavy (non-hydrogen) atoms. The van der Waals surface area contributed by atoms with Crippen molar-refractivity contribution in [1.82, 2.24) is 5.32 Å². The zero-order chi connectivity index (χ0) is 10.2. The highest BCUT2D eigenvalue weighted by Crippen LogP contribution is 2.54. The Morgan fingerprint density at radius 1 is 1.29 bits per heavy atom. The number of ether oxygens (including phenoxy) is 1. The van der Waals surface area contributed by atoms with Crippen molar-refractivity contribution in [2.24, 2.45) is 5.41 Å². The molecule has 0 heterocycles. The van der Waals surface area contributed by atoms with Crippen molar-refractivity contribution in [3.05, 3.63) is 0 Å². The summed E-state index contributed by atoms with van der Waals surface area (Å²) in [4.78, 5) is 0. The van der Waals surface area contributed by atoms with Crippen molar-refractivity contribution in [3.8, 4) is 0 Å². The zero-order valence-corrected chi connectivity index (χ0v) is 9.68. The first-order chi connectivity index (χ1) is 6.69. The van der Waals surface area contributed by atoms with E-state index in [1.165, 1.54) is 32.1 Å². The van der Waals surface area contributed by atoms with Gasteiger partial charge >= 0.3 is 0 Å². The molecule has 2 nitrogen and oxygen atoms in total. The summed E-state index contributed by atoms with van der Waals surface area (Å²) in [5, 5.41) is 3.46. The minimum atomic E-state index is 0.385. The standard InChI is InChI=1S/C12H23NO/c1-9(2)14-11-8-10(13-3)12(11)6-4-5-7-12/h9-11,13H,4-8H2,1-3H3. The maximum atomic E-state index is 6.02. The van der Waals surface area contributed by atoms with Crippen LogP contribution >= 0.6 is 0 Å². The third-order valence-corrected chi connectivity index (χ3v) is 4.10. The van der Waals surface area contributed by atoms with E-state index in [0.29, 0.717) is 23.7 Å². The van der Waals surface area contributed by atoms with Crippen LogP contribution in [-0.4, -0.2) is 25.3 Å². The molecule has 0 aliphatic heterocycles. The normalized spacial score (nSPS) is 35.1. The van der Waals surface area contributed by atoms with Crippen molar-refractivity contribution >= 4 is 0 Å². The molecule has 0 aromatic heterocycles. The third kappa shape index (κ3) is 1.49. The second kappa shape index (κ2) is 3.82. The van der Waals surface area contributed by atoms with Crippen LogP contribution < -0.4 is 5.32 Å². The maximum Gasteiger partial charge on any atom is 0.0664 e. The smallest absolute Gasteiger partial charge is 0.0664 e. The molecular formula is C12H23NO. The quantitative estimate of drug-likeness (QED) is 0.750. The summed E-state index contributed by atoms with van der Waals surface area (Å²) in [6.07, 6.45) is 7.67. The fourth-order valence-electron chi connectivity index (χ4n) is 3.38. The lowest BCUT2D eigenvalue weighted by atomic mass is 9.60. The van der Waals surface area contributed by atoms with Gasteiger partial charge < -0.3 is 10.1 Å². The van der Waals surface area contributed by atoms with Gasteiger partial charge in [0.15, 0.2) is 0 Å². The molecule has 2 unspecified atom stereocenters. The minimum Gasteiger partial charge on any atom is -0.375 e. The number of hydrogen-bond donors (Lipinski definition) is 1. The molecule has 2 aliphatic carbocycles. The fourth-order valence-corrected chi connectivity index (χ4v) is 3.38. The topological polar surface area (TPSA) is 21.3 Å². The first-order valence-corrected chi connectivity index (χ1v) is 6.02. The summed E-state index contributed by atoms with van der Waals surface area (Å²) in [6, 6.07) is 0.716. The van der Waals surface area contributed by atoms with Crippen LogP contribution in [0, 0.1) is 5.41 Å². The first kappa shape index (κ1) is 10.4. The van der Waals surface area contributed by atoms with Gasteiger partial charge in [0.1, 0.15) is 0 Å². The Hall–Kier alpha value is -0.0800. The molecular weight excluding hydrogens is 174 g/mol. The zero-order valence-electron chi connectivity index (χ0n) is 9.68. The van der Waals surface area contributed by atoms with Gasteiger partial charge in [-0.2, -0.15) is 0 Å². The van der Waals surface area contributed by atoms with Gasteiger partial charge in [-0.25, -0.2) is 0 Å². The Morgan fingerprint density at radius 2 is 1.93 bits per heavy atom. The number of hydrogen-bond acceptors (Lipinski definition) is 2. The molecule has 0 amide bonds. The van der Waals surface area contributed by atoms with E-state index in [-0.39, 0.29) is 0 Å². The van der Waals surface area contributed by atoms with Gasteiger partial charge in [-0.15, -0.1) is 0 Å². The highest BCUT2D eigenvalue weighted by molar-refractivity contribution is 5.09. The molecule has 0 radical (unpaired) electrons. The Labute approximate surface area is 87.4 Å². The summed E-state index contributed by atoms with van der Waals surface area (Å²) in [5.41, 5.74) is 0.499. The van der Waals surface area contributed by atoms with Crippen LogP contribution in [-0.2, 0) is 4.74 Å². The van der Waals surface area contributed by atoms with Crippen molar-refractivity contribution in [3.63, 3.8) is 0 Å². The monoisotopic (exact) mass is 197 g/mol. The molecule has 2 heteroatoms. The van der Waals surface area contributed by atoms with Crippen molar-refractivity contribution < 1.29 is 4.74 Å². The van der Waals surface area contributed by atoms with Crippen molar-refractivity contribution in [2.75, 3.05) is 7.05 Å². The van der Waals surface area contributed by atoms with E-state index >= 15 is 0 Å².